The zero-order valence-electron chi connectivity index (χ0n) is 22.7. The molecule has 6 fully saturated rings. The number of methoxy groups -OCH3 is 1. The Balaban J connectivity index is 1.27. The van der Waals surface area contributed by atoms with E-state index in [0.717, 1.165) is 24.7 Å². The Morgan fingerprint density at radius 1 is 1.00 bits per heavy atom. The van der Waals surface area contributed by atoms with E-state index in [1.165, 1.54) is 64.9 Å². The Labute approximate surface area is 212 Å². The number of fused-ring (bicyclic) bond motifs is 4. The maximum Gasteiger partial charge on any atom is 0.508 e. The molecule has 5 aliphatic carbocycles. The van der Waals surface area contributed by atoms with Crippen LogP contribution >= 0.6 is 0 Å². The van der Waals surface area contributed by atoms with Crippen LogP contribution in [0.3, 0.4) is 0 Å². The van der Waals surface area contributed by atoms with Crippen LogP contribution in [-0.2, 0) is 14.2 Å². The van der Waals surface area contributed by atoms with Crippen molar-refractivity contribution < 1.29 is 24.1 Å². The second kappa shape index (κ2) is 8.09. The van der Waals surface area contributed by atoms with Crippen molar-refractivity contribution in [2.24, 2.45) is 51.2 Å². The van der Waals surface area contributed by atoms with Gasteiger partial charge in [0.05, 0.1) is 25.4 Å². The smallest absolute Gasteiger partial charge is 0.438 e. The summed E-state index contributed by atoms with van der Waals surface area (Å²) in [5, 5.41) is 11.1. The van der Waals surface area contributed by atoms with E-state index < -0.39 is 6.16 Å². The van der Waals surface area contributed by atoms with E-state index in [4.69, 9.17) is 9.47 Å². The van der Waals surface area contributed by atoms with E-state index in [-0.39, 0.29) is 23.7 Å². The highest BCUT2D eigenvalue weighted by atomic mass is 16.7. The van der Waals surface area contributed by atoms with Gasteiger partial charge in [-0.1, -0.05) is 40.5 Å². The molecule has 0 aromatic heterocycles. The molecule has 0 aromatic carbocycles. The van der Waals surface area contributed by atoms with Gasteiger partial charge >= 0.3 is 6.16 Å². The normalized spacial score (nSPS) is 54.0. The molecular weight excluding hydrogens is 440 g/mol. The lowest BCUT2D eigenvalue weighted by Crippen LogP contribution is -2.47. The van der Waals surface area contributed by atoms with Crippen molar-refractivity contribution in [1.82, 2.24) is 0 Å². The molecule has 198 valence electrons. The summed E-state index contributed by atoms with van der Waals surface area (Å²) in [6.45, 7) is 10.1. The van der Waals surface area contributed by atoms with Gasteiger partial charge in [-0.25, -0.2) is 4.79 Å². The van der Waals surface area contributed by atoms with Crippen molar-refractivity contribution in [1.29, 1.82) is 0 Å². The Hall–Kier alpha value is -0.810. The molecule has 1 heterocycles. The molecule has 0 amide bonds. The van der Waals surface area contributed by atoms with Gasteiger partial charge in [0.2, 0.25) is 0 Å². The predicted molar refractivity (Wildman–Crippen MR) is 134 cm³/mol. The monoisotopic (exact) mass is 488 g/mol. The number of hydrogen-bond acceptors (Lipinski definition) is 5. The van der Waals surface area contributed by atoms with Crippen LogP contribution in [0.5, 0.6) is 0 Å². The lowest BCUT2D eigenvalue weighted by atomic mass is 9.53. The summed E-state index contributed by atoms with van der Waals surface area (Å²) in [6.07, 6.45) is 13.3. The summed E-state index contributed by atoms with van der Waals surface area (Å²) in [5.74, 6) is 3.41. The third kappa shape index (κ3) is 3.28. The molecule has 11 atom stereocenters. The molecule has 1 aliphatic heterocycles. The van der Waals surface area contributed by atoms with E-state index in [1.54, 1.807) is 0 Å². The molecule has 0 aromatic rings. The van der Waals surface area contributed by atoms with Gasteiger partial charge in [0, 0.05) is 0 Å². The summed E-state index contributed by atoms with van der Waals surface area (Å²) < 4.78 is 16.7. The first-order valence-corrected chi connectivity index (χ1v) is 14.6. The number of ether oxygens (including phenoxy) is 3. The average molecular weight is 489 g/mol. The van der Waals surface area contributed by atoms with Gasteiger partial charge in [0.25, 0.3) is 0 Å². The van der Waals surface area contributed by atoms with E-state index in [0.29, 0.717) is 40.6 Å². The molecule has 1 saturated heterocycles. The lowest BCUT2D eigenvalue weighted by molar-refractivity contribution is -0.131. The summed E-state index contributed by atoms with van der Waals surface area (Å²) in [5.41, 5.74) is 1.36. The maximum absolute atomic E-state index is 11.5. The van der Waals surface area contributed by atoms with Crippen LogP contribution in [0.4, 0.5) is 4.79 Å². The third-order valence-electron chi connectivity index (χ3n) is 13.0. The minimum absolute atomic E-state index is 0.0163. The SMILES string of the molecule is COC(=O)OCC1CC(C)C2C(CC3C4CCC5C(C)(C)C(O)CCCC56CC46CCCC32C)O1. The second-order valence-electron chi connectivity index (χ2n) is 14.5. The largest absolute Gasteiger partial charge is 0.508 e. The van der Waals surface area contributed by atoms with Gasteiger partial charge in [-0.2, -0.15) is 0 Å². The molecular formula is C30H48O5. The van der Waals surface area contributed by atoms with E-state index in [2.05, 4.69) is 32.4 Å². The van der Waals surface area contributed by atoms with Gasteiger partial charge < -0.3 is 19.3 Å². The minimum atomic E-state index is -0.610. The standard InChI is InChI=1S/C30H48O5/c1-18-14-19(16-34-26(32)33-5)35-22-15-21-20-9-10-23-27(2,3)24(31)8-6-12-30(23)17-29(20,30)13-7-11-28(21,4)25(18)22/h18-25,31H,6-17H2,1-5H3. The van der Waals surface area contributed by atoms with Gasteiger partial charge in [-0.05, 0) is 109 Å². The van der Waals surface area contributed by atoms with E-state index >= 15 is 0 Å². The van der Waals surface area contributed by atoms with Crippen molar-refractivity contribution in [2.45, 2.75) is 117 Å². The van der Waals surface area contributed by atoms with E-state index in [1.807, 2.05) is 0 Å². The third-order valence-corrected chi connectivity index (χ3v) is 13.0. The van der Waals surface area contributed by atoms with Crippen LogP contribution in [0.25, 0.3) is 0 Å². The number of aliphatic hydroxyl groups excluding tert-OH is 1. The van der Waals surface area contributed by atoms with Gasteiger partial charge in [-0.3, -0.25) is 0 Å². The summed E-state index contributed by atoms with van der Waals surface area (Å²) in [4.78, 5) is 11.5. The van der Waals surface area contributed by atoms with Gasteiger partial charge in [-0.15, -0.1) is 0 Å². The minimum Gasteiger partial charge on any atom is -0.438 e. The zero-order chi connectivity index (χ0) is 24.8. The molecule has 35 heavy (non-hydrogen) atoms. The lowest BCUT2D eigenvalue weighted by Gasteiger charge is -2.51. The fourth-order valence-corrected chi connectivity index (χ4v) is 11.8. The van der Waals surface area contributed by atoms with Gasteiger partial charge in [0.15, 0.2) is 0 Å². The van der Waals surface area contributed by atoms with Crippen LogP contribution in [0.15, 0.2) is 0 Å². The predicted octanol–water partition coefficient (Wildman–Crippen LogP) is 6.36. The van der Waals surface area contributed by atoms with E-state index in [9.17, 15) is 9.90 Å². The number of rotatable bonds is 2. The Kier molecular flexibility index (Phi) is 5.67. The van der Waals surface area contributed by atoms with Crippen molar-refractivity contribution in [2.75, 3.05) is 13.7 Å². The number of carbonyl (C=O) groups excluding carboxylic acids is 1. The number of aliphatic hydroxyl groups is 1. The highest BCUT2D eigenvalue weighted by Crippen LogP contribution is 2.85. The molecule has 0 radical (unpaired) electrons. The van der Waals surface area contributed by atoms with Crippen LogP contribution in [0, 0.1) is 51.2 Å². The summed E-state index contributed by atoms with van der Waals surface area (Å²) >= 11 is 0. The number of carbonyl (C=O) groups is 1. The molecule has 11 unspecified atom stereocenters. The fourth-order valence-electron chi connectivity index (χ4n) is 11.8. The molecule has 5 saturated carbocycles. The van der Waals surface area contributed by atoms with Crippen LogP contribution < -0.4 is 0 Å². The molecule has 6 aliphatic rings. The second-order valence-corrected chi connectivity index (χ2v) is 14.5. The topological polar surface area (TPSA) is 65.0 Å². The highest BCUT2D eigenvalue weighted by molar-refractivity contribution is 5.59. The molecule has 2 spiro atoms. The molecule has 6 rings (SSSR count). The average Bonchev–Trinajstić information content (AvgIpc) is 3.43. The maximum atomic E-state index is 11.5. The quantitative estimate of drug-likeness (QED) is 0.458. The Morgan fingerprint density at radius 2 is 1.77 bits per heavy atom. The van der Waals surface area contributed by atoms with Crippen molar-refractivity contribution in [3.63, 3.8) is 0 Å². The van der Waals surface area contributed by atoms with Crippen molar-refractivity contribution >= 4 is 6.16 Å². The fraction of sp³-hybridized carbons (Fsp3) is 0.967. The van der Waals surface area contributed by atoms with Crippen molar-refractivity contribution in [3.8, 4) is 0 Å². The first-order chi connectivity index (χ1) is 16.6. The van der Waals surface area contributed by atoms with Crippen LogP contribution in [-0.4, -0.2) is 43.3 Å². The molecule has 1 N–H and O–H groups in total. The first kappa shape index (κ1) is 24.5. The van der Waals surface area contributed by atoms with Gasteiger partial charge in [0.1, 0.15) is 6.61 Å². The summed E-state index contributed by atoms with van der Waals surface area (Å²) in [7, 11) is 1.36. The highest BCUT2D eigenvalue weighted by Gasteiger charge is 2.78. The Bertz CT molecular complexity index is 856. The molecule has 5 heteroatoms. The van der Waals surface area contributed by atoms with Crippen LogP contribution in [0.2, 0.25) is 0 Å². The Morgan fingerprint density at radius 3 is 2.54 bits per heavy atom. The van der Waals surface area contributed by atoms with Crippen LogP contribution in [0.1, 0.15) is 98.3 Å². The summed E-state index contributed by atoms with van der Waals surface area (Å²) in [6, 6.07) is 0. The first-order valence-electron chi connectivity index (χ1n) is 14.6. The molecule has 0 bridgehead atoms. The zero-order valence-corrected chi connectivity index (χ0v) is 22.7. The number of hydrogen-bond donors (Lipinski definition) is 1. The molecule has 5 nitrogen and oxygen atoms in total. The van der Waals surface area contributed by atoms with Crippen molar-refractivity contribution in [3.05, 3.63) is 0 Å².